The van der Waals surface area contributed by atoms with Crippen molar-refractivity contribution in [2.75, 3.05) is 13.2 Å². The van der Waals surface area contributed by atoms with Crippen LogP contribution in [-0.4, -0.2) is 39.9 Å². The third-order valence-electron chi connectivity index (χ3n) is 5.62. The fraction of sp³-hybridized carbons (Fsp3) is 0.179. The molecular weight excluding hydrogens is 444 g/mol. The number of aromatic nitrogens is 1. The van der Waals surface area contributed by atoms with Gasteiger partial charge in [-0.3, -0.25) is 14.6 Å². The number of amides is 1. The van der Waals surface area contributed by atoms with Gasteiger partial charge in [0.25, 0.3) is 11.7 Å². The van der Waals surface area contributed by atoms with Crippen LogP contribution in [0.3, 0.4) is 0 Å². The van der Waals surface area contributed by atoms with Gasteiger partial charge in [0.05, 0.1) is 18.2 Å². The molecular formula is C28H26N2O5. The van der Waals surface area contributed by atoms with Crippen LogP contribution in [0.2, 0.25) is 0 Å². The molecule has 1 unspecified atom stereocenters. The molecule has 1 N–H and O–H groups in total. The molecule has 7 nitrogen and oxygen atoms in total. The van der Waals surface area contributed by atoms with Gasteiger partial charge < -0.3 is 19.5 Å². The number of aliphatic hydroxyl groups is 1. The van der Waals surface area contributed by atoms with Gasteiger partial charge in [-0.1, -0.05) is 30.9 Å². The molecule has 1 saturated heterocycles. The van der Waals surface area contributed by atoms with Crippen molar-refractivity contribution in [2.45, 2.75) is 19.5 Å². The lowest BCUT2D eigenvalue weighted by Crippen LogP contribution is -2.29. The number of carbonyl (C=O) groups excluding carboxylic acids is 2. The Hall–Kier alpha value is -4.39. The molecule has 1 fully saturated rings. The summed E-state index contributed by atoms with van der Waals surface area (Å²) in [6.45, 7) is 6.55. The number of carbonyl (C=O) groups is 2. The molecule has 0 bridgehead atoms. The van der Waals surface area contributed by atoms with E-state index in [-0.39, 0.29) is 17.9 Å². The topological polar surface area (TPSA) is 89.0 Å². The maximum Gasteiger partial charge on any atom is 0.295 e. The van der Waals surface area contributed by atoms with E-state index in [0.29, 0.717) is 35.8 Å². The van der Waals surface area contributed by atoms with Gasteiger partial charge in [0, 0.05) is 24.5 Å². The van der Waals surface area contributed by atoms with Gasteiger partial charge in [-0.15, -0.1) is 0 Å². The maximum atomic E-state index is 13.2. The third-order valence-corrected chi connectivity index (χ3v) is 5.62. The zero-order valence-electron chi connectivity index (χ0n) is 19.4. The van der Waals surface area contributed by atoms with E-state index in [9.17, 15) is 14.7 Å². The predicted molar refractivity (Wildman–Crippen MR) is 132 cm³/mol. The monoisotopic (exact) mass is 470 g/mol. The smallest absolute Gasteiger partial charge is 0.295 e. The molecule has 2 heterocycles. The molecule has 2 aromatic carbocycles. The summed E-state index contributed by atoms with van der Waals surface area (Å²) in [6, 6.07) is 16.7. The number of pyridine rings is 1. The lowest BCUT2D eigenvalue weighted by atomic mass is 9.95. The Balaban J connectivity index is 1.77. The van der Waals surface area contributed by atoms with Crippen molar-refractivity contribution in [3.63, 3.8) is 0 Å². The first kappa shape index (κ1) is 23.8. The molecule has 1 aliphatic rings. The Kier molecular flexibility index (Phi) is 7.26. The molecule has 3 aromatic rings. The number of hydrogen-bond acceptors (Lipinski definition) is 6. The second-order valence-corrected chi connectivity index (χ2v) is 7.91. The molecule has 1 atom stereocenters. The summed E-state index contributed by atoms with van der Waals surface area (Å²) in [7, 11) is 0. The number of likely N-dealkylation sites (tertiary alicyclic amines) is 1. The Bertz CT molecular complexity index is 1230. The Morgan fingerprint density at radius 3 is 2.37 bits per heavy atom. The summed E-state index contributed by atoms with van der Waals surface area (Å²) < 4.78 is 11.0. The number of benzene rings is 2. The summed E-state index contributed by atoms with van der Waals surface area (Å²) in [4.78, 5) is 31.9. The van der Waals surface area contributed by atoms with Crippen LogP contribution in [0.4, 0.5) is 0 Å². The molecule has 35 heavy (non-hydrogen) atoms. The van der Waals surface area contributed by atoms with Gasteiger partial charge in [-0.2, -0.15) is 0 Å². The highest BCUT2D eigenvalue weighted by molar-refractivity contribution is 6.46. The summed E-state index contributed by atoms with van der Waals surface area (Å²) >= 11 is 0. The van der Waals surface area contributed by atoms with Crippen LogP contribution in [0.15, 0.2) is 91.3 Å². The van der Waals surface area contributed by atoms with Crippen LogP contribution >= 0.6 is 0 Å². The number of ether oxygens (including phenoxy) is 2. The van der Waals surface area contributed by atoms with E-state index in [1.165, 1.54) is 4.90 Å². The van der Waals surface area contributed by atoms with Crippen molar-refractivity contribution in [1.29, 1.82) is 0 Å². The van der Waals surface area contributed by atoms with Gasteiger partial charge >= 0.3 is 0 Å². The first-order valence-corrected chi connectivity index (χ1v) is 11.3. The van der Waals surface area contributed by atoms with E-state index < -0.39 is 17.7 Å². The van der Waals surface area contributed by atoms with Crippen LogP contribution in [0.1, 0.15) is 29.7 Å². The largest absolute Gasteiger partial charge is 0.507 e. The molecule has 0 saturated carbocycles. The summed E-state index contributed by atoms with van der Waals surface area (Å²) in [5.41, 5.74) is 1.90. The number of ketones is 1. The van der Waals surface area contributed by atoms with E-state index in [1.807, 2.05) is 13.0 Å². The molecule has 7 heteroatoms. The number of Topliss-reactive ketones (excluding diaryl/α,β-unsaturated/α-hetero) is 1. The van der Waals surface area contributed by atoms with Crippen LogP contribution in [-0.2, 0) is 16.1 Å². The van der Waals surface area contributed by atoms with Crippen molar-refractivity contribution in [3.05, 3.63) is 108 Å². The van der Waals surface area contributed by atoms with Crippen LogP contribution in [0, 0.1) is 0 Å². The van der Waals surface area contributed by atoms with E-state index in [4.69, 9.17) is 9.47 Å². The molecule has 4 rings (SSSR count). The number of nitrogens with zero attached hydrogens (tertiary/aromatic N) is 2. The van der Waals surface area contributed by atoms with Crippen molar-refractivity contribution >= 4 is 17.4 Å². The minimum atomic E-state index is -0.775. The second-order valence-electron chi connectivity index (χ2n) is 7.91. The van der Waals surface area contributed by atoms with Crippen LogP contribution in [0.25, 0.3) is 5.76 Å². The van der Waals surface area contributed by atoms with Gasteiger partial charge in [0.2, 0.25) is 0 Å². The van der Waals surface area contributed by atoms with Gasteiger partial charge in [0.15, 0.2) is 0 Å². The lowest BCUT2D eigenvalue weighted by molar-refractivity contribution is -0.140. The minimum Gasteiger partial charge on any atom is -0.507 e. The second kappa shape index (κ2) is 10.7. The van der Waals surface area contributed by atoms with Gasteiger partial charge in [-0.05, 0) is 60.5 Å². The average Bonchev–Trinajstić information content (AvgIpc) is 3.13. The Morgan fingerprint density at radius 2 is 1.74 bits per heavy atom. The van der Waals surface area contributed by atoms with E-state index >= 15 is 0 Å². The zero-order valence-corrected chi connectivity index (χ0v) is 19.4. The van der Waals surface area contributed by atoms with Crippen LogP contribution in [0.5, 0.6) is 11.5 Å². The first-order valence-electron chi connectivity index (χ1n) is 11.3. The number of aliphatic hydroxyl groups excluding tert-OH is 1. The van der Waals surface area contributed by atoms with Crippen molar-refractivity contribution in [2.24, 2.45) is 0 Å². The molecule has 1 amide bonds. The Morgan fingerprint density at radius 1 is 1.06 bits per heavy atom. The minimum absolute atomic E-state index is 0.0304. The standard InChI is InChI=1S/C28H26N2O5/c1-3-16-35-23-13-9-21(10-14-23)26(31)24-25(20-7-11-22(12-8-20)34-4-2)30(28(33)27(24)32)18-19-6-5-15-29-17-19/h3,5-15,17,25,31H,1,4,16,18H2,2H3/b26-24-. The molecule has 0 spiro atoms. The number of rotatable bonds is 9. The molecule has 0 aliphatic carbocycles. The molecule has 1 aromatic heterocycles. The predicted octanol–water partition coefficient (Wildman–Crippen LogP) is 4.67. The first-order chi connectivity index (χ1) is 17.0. The quantitative estimate of drug-likeness (QED) is 0.212. The highest BCUT2D eigenvalue weighted by atomic mass is 16.5. The van der Waals surface area contributed by atoms with Crippen molar-refractivity contribution in [3.8, 4) is 11.5 Å². The molecule has 178 valence electrons. The fourth-order valence-corrected chi connectivity index (χ4v) is 4.01. The highest BCUT2D eigenvalue weighted by Crippen LogP contribution is 2.40. The SMILES string of the molecule is C=CCOc1ccc(/C(O)=C2/C(=O)C(=O)N(Cc3cccnc3)C2c2ccc(OCC)cc2)cc1. The van der Waals surface area contributed by atoms with E-state index in [1.54, 1.807) is 73.1 Å². The normalized spacial score (nSPS) is 16.8. The van der Waals surface area contributed by atoms with Crippen molar-refractivity contribution in [1.82, 2.24) is 9.88 Å². The van der Waals surface area contributed by atoms with E-state index in [2.05, 4.69) is 11.6 Å². The summed E-state index contributed by atoms with van der Waals surface area (Å²) in [6.07, 6.45) is 4.93. The highest BCUT2D eigenvalue weighted by Gasteiger charge is 2.46. The average molecular weight is 471 g/mol. The fourth-order valence-electron chi connectivity index (χ4n) is 4.01. The summed E-state index contributed by atoms with van der Waals surface area (Å²) in [5.74, 6) is -0.388. The van der Waals surface area contributed by atoms with Crippen LogP contribution < -0.4 is 9.47 Å². The lowest BCUT2D eigenvalue weighted by Gasteiger charge is -2.25. The Labute approximate surface area is 203 Å². The maximum absolute atomic E-state index is 13.2. The van der Waals surface area contributed by atoms with E-state index in [0.717, 1.165) is 5.56 Å². The third kappa shape index (κ3) is 5.09. The van der Waals surface area contributed by atoms with Crippen molar-refractivity contribution < 1.29 is 24.2 Å². The zero-order chi connectivity index (χ0) is 24.8. The summed E-state index contributed by atoms with van der Waals surface area (Å²) in [5, 5.41) is 11.2. The number of hydrogen-bond donors (Lipinski definition) is 1. The molecule has 0 radical (unpaired) electrons. The van der Waals surface area contributed by atoms with Gasteiger partial charge in [-0.25, -0.2) is 0 Å². The molecule has 1 aliphatic heterocycles. The van der Waals surface area contributed by atoms with Gasteiger partial charge in [0.1, 0.15) is 23.9 Å².